The summed E-state index contributed by atoms with van der Waals surface area (Å²) < 4.78 is 0. The Bertz CT molecular complexity index is 202. The Balaban J connectivity index is 2.26. The minimum Gasteiger partial charge on any atom is -0.481 e. The van der Waals surface area contributed by atoms with E-state index >= 15 is 0 Å². The highest BCUT2D eigenvalue weighted by Gasteiger charge is 2.23. The van der Waals surface area contributed by atoms with Gasteiger partial charge in [0.2, 0.25) is 0 Å². The van der Waals surface area contributed by atoms with Gasteiger partial charge in [-0.3, -0.25) is 4.79 Å². The summed E-state index contributed by atoms with van der Waals surface area (Å²) in [4.78, 5) is 10.4. The van der Waals surface area contributed by atoms with Crippen LogP contribution in [0.5, 0.6) is 0 Å². The Morgan fingerprint density at radius 3 is 2.47 bits per heavy atom. The normalized spacial score (nSPS) is 22.3. The number of carboxylic acid groups (broad SMARTS) is 1. The molecule has 4 nitrogen and oxygen atoms in total. The van der Waals surface area contributed by atoms with Crippen molar-refractivity contribution >= 4 is 5.97 Å². The molecule has 1 aliphatic carbocycles. The van der Waals surface area contributed by atoms with E-state index < -0.39 is 12.1 Å². The van der Waals surface area contributed by atoms with Crippen molar-refractivity contribution in [1.82, 2.24) is 0 Å². The fraction of sp³-hybridized carbons (Fsp3) is 0.909. The van der Waals surface area contributed by atoms with E-state index in [0.29, 0.717) is 5.92 Å². The first-order valence-corrected chi connectivity index (χ1v) is 5.75. The summed E-state index contributed by atoms with van der Waals surface area (Å²) in [5, 5.41) is 18.0. The molecule has 0 aromatic carbocycles. The van der Waals surface area contributed by atoms with Crippen LogP contribution in [0.3, 0.4) is 0 Å². The fourth-order valence-electron chi connectivity index (χ4n) is 2.30. The summed E-state index contributed by atoms with van der Waals surface area (Å²) in [6.45, 7) is 0. The number of rotatable bonds is 5. The molecule has 0 aromatic rings. The molecule has 15 heavy (non-hydrogen) atoms. The van der Waals surface area contributed by atoms with Crippen LogP contribution in [0.1, 0.15) is 44.9 Å². The third-order valence-electron chi connectivity index (χ3n) is 3.21. The highest BCUT2D eigenvalue weighted by Crippen LogP contribution is 2.27. The minimum atomic E-state index is -0.985. The Labute approximate surface area is 90.5 Å². The van der Waals surface area contributed by atoms with Crippen molar-refractivity contribution in [2.45, 2.75) is 57.1 Å². The summed E-state index contributed by atoms with van der Waals surface area (Å²) in [5.41, 5.74) is 5.78. The average Bonchev–Trinajstić information content (AvgIpc) is 2.18. The third kappa shape index (κ3) is 4.62. The SMILES string of the molecule is N[C@H](CC1CCCCC1)[C@H](O)CC(=O)O. The van der Waals surface area contributed by atoms with Crippen LogP contribution in [0.15, 0.2) is 0 Å². The maximum absolute atomic E-state index is 10.4. The third-order valence-corrected chi connectivity index (χ3v) is 3.21. The van der Waals surface area contributed by atoms with Crippen molar-refractivity contribution in [3.05, 3.63) is 0 Å². The van der Waals surface area contributed by atoms with E-state index in [0.717, 1.165) is 6.42 Å². The summed E-state index contributed by atoms with van der Waals surface area (Å²) >= 11 is 0. The lowest BCUT2D eigenvalue weighted by molar-refractivity contribution is -0.139. The van der Waals surface area contributed by atoms with Gasteiger partial charge in [0.15, 0.2) is 0 Å². The number of aliphatic hydroxyl groups is 1. The topological polar surface area (TPSA) is 83.5 Å². The molecular formula is C11H21NO3. The molecule has 88 valence electrons. The van der Waals surface area contributed by atoms with Gasteiger partial charge in [0, 0.05) is 6.04 Å². The molecule has 4 N–H and O–H groups in total. The Morgan fingerprint density at radius 2 is 1.93 bits per heavy atom. The van der Waals surface area contributed by atoms with Gasteiger partial charge in [-0.1, -0.05) is 32.1 Å². The molecule has 0 heterocycles. The molecular weight excluding hydrogens is 194 g/mol. The molecule has 1 saturated carbocycles. The van der Waals surface area contributed by atoms with E-state index in [9.17, 15) is 9.90 Å². The molecule has 0 unspecified atom stereocenters. The molecule has 0 aliphatic heterocycles. The number of aliphatic hydroxyl groups excluding tert-OH is 1. The molecule has 1 fully saturated rings. The maximum atomic E-state index is 10.4. The molecule has 2 atom stereocenters. The number of hydrogen-bond donors (Lipinski definition) is 3. The van der Waals surface area contributed by atoms with E-state index in [1.165, 1.54) is 32.1 Å². The molecule has 1 rings (SSSR count). The summed E-state index contributed by atoms with van der Waals surface area (Å²) in [6.07, 6.45) is 5.75. The highest BCUT2D eigenvalue weighted by molar-refractivity contribution is 5.67. The second-order valence-electron chi connectivity index (χ2n) is 4.57. The standard InChI is InChI=1S/C11H21NO3/c12-9(10(13)7-11(14)15)6-8-4-2-1-3-5-8/h8-10,13H,1-7,12H2,(H,14,15)/t9-,10-/m1/s1. The predicted octanol–water partition coefficient (Wildman–Crippen LogP) is 1.12. The Morgan fingerprint density at radius 1 is 1.33 bits per heavy atom. The first kappa shape index (κ1) is 12.5. The second kappa shape index (κ2) is 6.08. The highest BCUT2D eigenvalue weighted by atomic mass is 16.4. The van der Waals surface area contributed by atoms with Gasteiger partial charge in [0.25, 0.3) is 0 Å². The molecule has 0 saturated heterocycles. The van der Waals surface area contributed by atoms with Crippen molar-refractivity contribution in [2.75, 3.05) is 0 Å². The van der Waals surface area contributed by atoms with Crippen LogP contribution >= 0.6 is 0 Å². The second-order valence-corrected chi connectivity index (χ2v) is 4.57. The van der Waals surface area contributed by atoms with Gasteiger partial charge in [-0.25, -0.2) is 0 Å². The zero-order chi connectivity index (χ0) is 11.3. The molecule has 0 radical (unpaired) electrons. The van der Waals surface area contributed by atoms with Gasteiger partial charge in [0.1, 0.15) is 0 Å². The van der Waals surface area contributed by atoms with Gasteiger partial charge in [-0.05, 0) is 12.3 Å². The first-order chi connectivity index (χ1) is 7.09. The largest absolute Gasteiger partial charge is 0.481 e. The van der Waals surface area contributed by atoms with Crippen LogP contribution < -0.4 is 5.73 Å². The molecule has 0 spiro atoms. The Hall–Kier alpha value is -0.610. The van der Waals surface area contributed by atoms with E-state index in [1.807, 2.05) is 0 Å². The van der Waals surface area contributed by atoms with E-state index in [-0.39, 0.29) is 12.5 Å². The maximum Gasteiger partial charge on any atom is 0.306 e. The number of carboxylic acids is 1. The Kier molecular flexibility index (Phi) is 5.05. The van der Waals surface area contributed by atoms with Crippen LogP contribution in [0.4, 0.5) is 0 Å². The zero-order valence-electron chi connectivity index (χ0n) is 9.06. The predicted molar refractivity (Wildman–Crippen MR) is 57.4 cm³/mol. The van der Waals surface area contributed by atoms with Crippen LogP contribution in [-0.2, 0) is 4.79 Å². The van der Waals surface area contributed by atoms with Crippen LogP contribution in [0, 0.1) is 5.92 Å². The monoisotopic (exact) mass is 215 g/mol. The number of hydrogen-bond acceptors (Lipinski definition) is 3. The zero-order valence-corrected chi connectivity index (χ0v) is 9.06. The quantitative estimate of drug-likeness (QED) is 0.641. The van der Waals surface area contributed by atoms with Crippen LogP contribution in [-0.4, -0.2) is 28.3 Å². The summed E-state index contributed by atoms with van der Waals surface area (Å²) in [5.74, 6) is -0.404. The lowest BCUT2D eigenvalue weighted by Gasteiger charge is -2.26. The molecule has 0 aromatic heterocycles. The molecule has 1 aliphatic rings. The van der Waals surface area contributed by atoms with Crippen LogP contribution in [0.2, 0.25) is 0 Å². The van der Waals surface area contributed by atoms with Crippen LogP contribution in [0.25, 0.3) is 0 Å². The van der Waals surface area contributed by atoms with Crippen molar-refractivity contribution < 1.29 is 15.0 Å². The van der Waals surface area contributed by atoms with Gasteiger partial charge in [-0.2, -0.15) is 0 Å². The van der Waals surface area contributed by atoms with Gasteiger partial charge >= 0.3 is 5.97 Å². The molecule has 4 heteroatoms. The smallest absolute Gasteiger partial charge is 0.306 e. The lowest BCUT2D eigenvalue weighted by Crippen LogP contribution is -2.38. The van der Waals surface area contributed by atoms with E-state index in [1.54, 1.807) is 0 Å². The number of nitrogens with two attached hydrogens (primary N) is 1. The number of carbonyl (C=O) groups is 1. The molecule has 0 bridgehead atoms. The minimum absolute atomic E-state index is 0.242. The fourth-order valence-corrected chi connectivity index (χ4v) is 2.30. The van der Waals surface area contributed by atoms with Crippen molar-refractivity contribution in [3.63, 3.8) is 0 Å². The van der Waals surface area contributed by atoms with Gasteiger partial charge < -0.3 is 15.9 Å². The number of aliphatic carboxylic acids is 1. The summed E-state index contributed by atoms with van der Waals surface area (Å²) in [6, 6.07) is -0.385. The first-order valence-electron chi connectivity index (χ1n) is 5.75. The molecule has 0 amide bonds. The van der Waals surface area contributed by atoms with Gasteiger partial charge in [-0.15, -0.1) is 0 Å². The van der Waals surface area contributed by atoms with E-state index in [4.69, 9.17) is 10.8 Å². The van der Waals surface area contributed by atoms with Crippen molar-refractivity contribution in [2.24, 2.45) is 11.7 Å². The lowest BCUT2D eigenvalue weighted by atomic mass is 9.83. The summed E-state index contributed by atoms with van der Waals surface area (Å²) in [7, 11) is 0. The van der Waals surface area contributed by atoms with Crippen molar-refractivity contribution in [1.29, 1.82) is 0 Å². The van der Waals surface area contributed by atoms with Gasteiger partial charge in [0.05, 0.1) is 12.5 Å². The average molecular weight is 215 g/mol. The van der Waals surface area contributed by atoms with E-state index in [2.05, 4.69) is 0 Å². The van der Waals surface area contributed by atoms with Crippen molar-refractivity contribution in [3.8, 4) is 0 Å².